The van der Waals surface area contributed by atoms with Crippen LogP contribution in [0.4, 0.5) is 5.69 Å². The second kappa shape index (κ2) is 9.58. The lowest BCUT2D eigenvalue weighted by atomic mass is 9.99. The summed E-state index contributed by atoms with van der Waals surface area (Å²) in [6.07, 6.45) is -7.85. The van der Waals surface area contributed by atoms with Crippen LogP contribution in [0.3, 0.4) is 0 Å². The molecular weight excluding hydrogens is 398 g/mol. The Morgan fingerprint density at radius 1 is 1.28 bits per heavy atom. The first-order valence-corrected chi connectivity index (χ1v) is 8.18. The Morgan fingerprint density at radius 3 is 2.52 bits per heavy atom. The van der Waals surface area contributed by atoms with E-state index in [0.29, 0.717) is 0 Å². The quantitative estimate of drug-likeness (QED) is 0.221. The number of hydrogen-bond donors (Lipinski definition) is 4. The standard InChI is InChI=1S/C16H19NO12/c1-26-15(23)7-2-3-9(8(4-7)17(24)25)28-16-13(22)14(27-6-11(19)20)12(21)10(5-18)29-16/h2-4,10,12-14,16,18,21-22H,5-6H2,1H3,(H,19,20)/t10-,12+,13-,14+,16-/m1/s1. The zero-order valence-corrected chi connectivity index (χ0v) is 15.0. The minimum atomic E-state index is -1.76. The first-order valence-electron chi connectivity index (χ1n) is 8.18. The Balaban J connectivity index is 2.29. The molecule has 0 amide bonds. The van der Waals surface area contributed by atoms with E-state index in [9.17, 15) is 35.0 Å². The molecule has 0 unspecified atom stereocenters. The van der Waals surface area contributed by atoms with Crippen LogP contribution >= 0.6 is 0 Å². The number of aliphatic hydroxyl groups excluding tert-OH is 3. The second-order valence-corrected chi connectivity index (χ2v) is 5.93. The molecule has 0 spiro atoms. The van der Waals surface area contributed by atoms with Gasteiger partial charge in [-0.3, -0.25) is 10.1 Å². The Hall–Kier alpha value is -2.84. The first-order chi connectivity index (χ1) is 13.7. The number of esters is 1. The summed E-state index contributed by atoms with van der Waals surface area (Å²) < 4.78 is 20.0. The van der Waals surface area contributed by atoms with Crippen LogP contribution in [0.2, 0.25) is 0 Å². The number of nitro groups is 1. The van der Waals surface area contributed by atoms with E-state index in [4.69, 9.17) is 19.3 Å². The number of nitrogens with zero attached hydrogens (tertiary/aromatic N) is 1. The van der Waals surface area contributed by atoms with Crippen molar-refractivity contribution in [3.05, 3.63) is 33.9 Å². The maximum atomic E-state index is 11.6. The minimum absolute atomic E-state index is 0.122. The highest BCUT2D eigenvalue weighted by atomic mass is 16.7. The molecule has 4 N–H and O–H groups in total. The monoisotopic (exact) mass is 417 g/mol. The number of methoxy groups -OCH3 is 1. The fourth-order valence-corrected chi connectivity index (χ4v) is 2.64. The van der Waals surface area contributed by atoms with Crippen LogP contribution in [0.1, 0.15) is 10.4 Å². The summed E-state index contributed by atoms with van der Waals surface area (Å²) >= 11 is 0. The average molecular weight is 417 g/mol. The van der Waals surface area contributed by atoms with Gasteiger partial charge in [-0.25, -0.2) is 9.59 Å². The summed E-state index contributed by atoms with van der Waals surface area (Å²) in [5.41, 5.74) is -0.763. The highest BCUT2D eigenvalue weighted by molar-refractivity contribution is 5.90. The predicted octanol–water partition coefficient (Wildman–Crippen LogP) is -1.33. The fourth-order valence-electron chi connectivity index (χ4n) is 2.64. The third-order valence-corrected chi connectivity index (χ3v) is 4.04. The van der Waals surface area contributed by atoms with Gasteiger partial charge >= 0.3 is 17.6 Å². The van der Waals surface area contributed by atoms with E-state index in [1.165, 1.54) is 6.07 Å². The average Bonchev–Trinajstić information content (AvgIpc) is 2.69. The van der Waals surface area contributed by atoms with Crippen LogP contribution in [0.25, 0.3) is 0 Å². The number of carboxylic acid groups (broad SMARTS) is 1. The van der Waals surface area contributed by atoms with Crippen molar-refractivity contribution in [2.75, 3.05) is 20.3 Å². The molecule has 0 saturated carbocycles. The molecular formula is C16H19NO12. The number of aliphatic carboxylic acids is 1. The van der Waals surface area contributed by atoms with Crippen LogP contribution in [0.15, 0.2) is 18.2 Å². The number of carbonyl (C=O) groups excluding carboxylic acids is 1. The number of nitro benzene ring substituents is 1. The summed E-state index contributed by atoms with van der Waals surface area (Å²) in [6.45, 7) is -1.60. The number of aliphatic hydroxyl groups is 3. The molecule has 0 radical (unpaired) electrons. The van der Waals surface area contributed by atoms with Crippen molar-refractivity contribution in [3.8, 4) is 5.75 Å². The largest absolute Gasteiger partial charge is 0.480 e. The molecule has 5 atom stereocenters. The third kappa shape index (κ3) is 5.16. The smallest absolute Gasteiger partial charge is 0.338 e. The molecule has 1 aliphatic rings. The van der Waals surface area contributed by atoms with Gasteiger partial charge in [0.2, 0.25) is 6.29 Å². The molecule has 1 aromatic rings. The summed E-state index contributed by atoms with van der Waals surface area (Å²) in [4.78, 5) is 32.7. The molecule has 29 heavy (non-hydrogen) atoms. The Kier molecular flexibility index (Phi) is 7.41. The summed E-state index contributed by atoms with van der Waals surface area (Å²) in [5.74, 6) is -2.58. The number of benzene rings is 1. The van der Waals surface area contributed by atoms with Gasteiger partial charge in [-0.15, -0.1) is 0 Å². The predicted molar refractivity (Wildman–Crippen MR) is 90.2 cm³/mol. The van der Waals surface area contributed by atoms with Gasteiger partial charge in [-0.05, 0) is 12.1 Å². The number of carboxylic acids is 1. The lowest BCUT2D eigenvalue weighted by Crippen LogP contribution is -2.61. The number of hydrogen-bond acceptors (Lipinski definition) is 11. The lowest BCUT2D eigenvalue weighted by Gasteiger charge is -2.41. The number of ether oxygens (including phenoxy) is 4. The molecule has 2 rings (SSSR count). The van der Waals surface area contributed by atoms with Gasteiger partial charge in [-0.2, -0.15) is 0 Å². The van der Waals surface area contributed by atoms with E-state index in [1.807, 2.05) is 0 Å². The van der Waals surface area contributed by atoms with Gasteiger partial charge in [0.1, 0.15) is 31.0 Å². The normalized spacial score (nSPS) is 26.6. The van der Waals surface area contributed by atoms with Crippen molar-refractivity contribution in [1.29, 1.82) is 0 Å². The number of carbonyl (C=O) groups is 2. The third-order valence-electron chi connectivity index (χ3n) is 4.04. The van der Waals surface area contributed by atoms with E-state index < -0.39 is 72.2 Å². The zero-order valence-electron chi connectivity index (χ0n) is 15.0. The van der Waals surface area contributed by atoms with Gasteiger partial charge in [-0.1, -0.05) is 0 Å². The van der Waals surface area contributed by atoms with Crippen molar-refractivity contribution in [2.24, 2.45) is 0 Å². The van der Waals surface area contributed by atoms with Gasteiger partial charge in [0.05, 0.1) is 24.2 Å². The lowest BCUT2D eigenvalue weighted by molar-refractivity contribution is -0.387. The molecule has 1 aromatic carbocycles. The second-order valence-electron chi connectivity index (χ2n) is 5.93. The molecule has 0 aromatic heterocycles. The van der Waals surface area contributed by atoms with Crippen molar-refractivity contribution in [1.82, 2.24) is 0 Å². The SMILES string of the molecule is COC(=O)c1ccc(O[C@@H]2O[C@H](CO)[C@H](O)[C@H](OCC(=O)O)[C@H]2O)c([N+](=O)[O-])c1. The van der Waals surface area contributed by atoms with E-state index in [2.05, 4.69) is 4.74 Å². The van der Waals surface area contributed by atoms with Crippen molar-refractivity contribution >= 4 is 17.6 Å². The summed E-state index contributed by atoms with van der Waals surface area (Å²) in [6, 6.07) is 3.15. The summed E-state index contributed by atoms with van der Waals surface area (Å²) in [7, 11) is 1.10. The minimum Gasteiger partial charge on any atom is -0.480 e. The van der Waals surface area contributed by atoms with Crippen LogP contribution in [-0.4, -0.2) is 88.3 Å². The molecule has 0 aliphatic carbocycles. The molecule has 1 fully saturated rings. The van der Waals surface area contributed by atoms with E-state index >= 15 is 0 Å². The molecule has 1 heterocycles. The van der Waals surface area contributed by atoms with E-state index in [1.54, 1.807) is 0 Å². The maximum absolute atomic E-state index is 11.6. The molecule has 13 nitrogen and oxygen atoms in total. The van der Waals surface area contributed by atoms with Crippen LogP contribution in [0, 0.1) is 10.1 Å². The number of rotatable bonds is 8. The first kappa shape index (κ1) is 22.4. The van der Waals surface area contributed by atoms with Gasteiger partial charge in [0, 0.05) is 6.07 Å². The van der Waals surface area contributed by atoms with Crippen molar-refractivity contribution in [2.45, 2.75) is 30.7 Å². The van der Waals surface area contributed by atoms with Gasteiger partial charge in [0.15, 0.2) is 5.75 Å². The molecule has 13 heteroatoms. The topological polar surface area (TPSA) is 195 Å². The maximum Gasteiger partial charge on any atom is 0.338 e. The van der Waals surface area contributed by atoms with Crippen LogP contribution in [-0.2, 0) is 19.0 Å². The Morgan fingerprint density at radius 2 is 1.97 bits per heavy atom. The molecule has 160 valence electrons. The zero-order chi connectivity index (χ0) is 21.7. The fraction of sp³-hybridized carbons (Fsp3) is 0.500. The van der Waals surface area contributed by atoms with Crippen molar-refractivity contribution in [3.63, 3.8) is 0 Å². The highest BCUT2D eigenvalue weighted by Crippen LogP contribution is 2.32. The molecule has 0 bridgehead atoms. The molecule has 1 saturated heterocycles. The Labute approximate surface area is 163 Å². The summed E-state index contributed by atoms with van der Waals surface area (Å²) in [5, 5.41) is 49.8. The van der Waals surface area contributed by atoms with Gasteiger partial charge in [0.25, 0.3) is 0 Å². The van der Waals surface area contributed by atoms with Crippen LogP contribution in [0.5, 0.6) is 5.75 Å². The van der Waals surface area contributed by atoms with E-state index in [0.717, 1.165) is 19.2 Å². The van der Waals surface area contributed by atoms with Crippen molar-refractivity contribution < 1.29 is 53.9 Å². The van der Waals surface area contributed by atoms with Crippen LogP contribution < -0.4 is 4.74 Å². The van der Waals surface area contributed by atoms with E-state index in [-0.39, 0.29) is 5.56 Å². The highest BCUT2D eigenvalue weighted by Gasteiger charge is 2.47. The van der Waals surface area contributed by atoms with Gasteiger partial charge < -0.3 is 39.4 Å². The molecule has 1 aliphatic heterocycles. The Bertz CT molecular complexity index is 768.